The highest BCUT2D eigenvalue weighted by Crippen LogP contribution is 2.28. The van der Waals surface area contributed by atoms with Gasteiger partial charge in [0.25, 0.3) is 5.91 Å². The molecule has 0 aliphatic heterocycles. The molecule has 1 aliphatic rings. The number of thiophene rings is 1. The van der Waals surface area contributed by atoms with Crippen molar-refractivity contribution < 1.29 is 4.79 Å². The second-order valence-corrected chi connectivity index (χ2v) is 6.01. The molecule has 19 heavy (non-hydrogen) atoms. The van der Waals surface area contributed by atoms with Crippen molar-refractivity contribution in [3.05, 3.63) is 21.4 Å². The maximum absolute atomic E-state index is 12.0. The van der Waals surface area contributed by atoms with Crippen LogP contribution < -0.4 is 11.1 Å². The Morgan fingerprint density at radius 2 is 2.00 bits per heavy atom. The molecule has 1 aromatic rings. The highest BCUT2D eigenvalue weighted by Gasteiger charge is 2.15. The van der Waals surface area contributed by atoms with Gasteiger partial charge in [-0.05, 0) is 50.3 Å². The number of nitrogens with one attached hydrogen (secondary N) is 1. The van der Waals surface area contributed by atoms with Gasteiger partial charge in [-0.1, -0.05) is 12.8 Å². The standard InChI is InChI=1S/C14H22N2OS.ClH/c15-8-5-9-16-14(17)13-10-11-6-3-1-2-4-7-12(11)18-13;/h10H,1-9,15H2,(H,16,17);1H. The van der Waals surface area contributed by atoms with Crippen molar-refractivity contribution in [3.8, 4) is 0 Å². The van der Waals surface area contributed by atoms with Crippen LogP contribution in [0.2, 0.25) is 0 Å². The van der Waals surface area contributed by atoms with Crippen molar-refractivity contribution in [3.63, 3.8) is 0 Å². The second kappa shape index (κ2) is 8.56. The van der Waals surface area contributed by atoms with Gasteiger partial charge in [-0.2, -0.15) is 0 Å². The first-order valence-electron chi connectivity index (χ1n) is 6.91. The molecular formula is C14H23ClN2OS. The molecule has 0 unspecified atom stereocenters. The summed E-state index contributed by atoms with van der Waals surface area (Å²) in [5.41, 5.74) is 6.83. The van der Waals surface area contributed by atoms with E-state index in [1.807, 2.05) is 0 Å². The first-order valence-corrected chi connectivity index (χ1v) is 7.73. The van der Waals surface area contributed by atoms with Crippen LogP contribution in [0, 0.1) is 0 Å². The van der Waals surface area contributed by atoms with Crippen LogP contribution in [0.3, 0.4) is 0 Å². The summed E-state index contributed by atoms with van der Waals surface area (Å²) in [5, 5.41) is 2.93. The average molecular weight is 303 g/mol. The van der Waals surface area contributed by atoms with E-state index in [-0.39, 0.29) is 18.3 Å². The number of carbonyl (C=O) groups is 1. The maximum Gasteiger partial charge on any atom is 0.261 e. The van der Waals surface area contributed by atoms with E-state index in [0.29, 0.717) is 13.1 Å². The quantitative estimate of drug-likeness (QED) is 0.840. The number of halogens is 1. The molecule has 0 aromatic carbocycles. The predicted octanol–water partition coefficient (Wildman–Crippen LogP) is 2.91. The Kier molecular flexibility index (Phi) is 7.42. The lowest BCUT2D eigenvalue weighted by Gasteiger charge is -2.07. The number of amides is 1. The van der Waals surface area contributed by atoms with Gasteiger partial charge < -0.3 is 11.1 Å². The minimum absolute atomic E-state index is 0. The first kappa shape index (κ1) is 16.5. The SMILES string of the molecule is Cl.NCCCNC(=O)c1cc2c(s1)CCCCCC2. The molecule has 2 rings (SSSR count). The summed E-state index contributed by atoms with van der Waals surface area (Å²) < 4.78 is 0. The molecule has 1 aliphatic carbocycles. The highest BCUT2D eigenvalue weighted by atomic mass is 35.5. The minimum atomic E-state index is 0. The molecule has 0 saturated carbocycles. The number of hydrogen-bond donors (Lipinski definition) is 2. The summed E-state index contributed by atoms with van der Waals surface area (Å²) in [6.45, 7) is 1.30. The topological polar surface area (TPSA) is 55.1 Å². The minimum Gasteiger partial charge on any atom is -0.351 e. The number of aryl methyl sites for hydroxylation is 2. The number of rotatable bonds is 4. The second-order valence-electron chi connectivity index (χ2n) is 4.87. The van der Waals surface area contributed by atoms with Crippen molar-refractivity contribution in [2.75, 3.05) is 13.1 Å². The molecule has 0 radical (unpaired) electrons. The molecule has 5 heteroatoms. The van der Waals surface area contributed by atoms with E-state index in [1.165, 1.54) is 36.1 Å². The molecule has 0 saturated heterocycles. The summed E-state index contributed by atoms with van der Waals surface area (Å²) in [6, 6.07) is 2.10. The van der Waals surface area contributed by atoms with Crippen LogP contribution >= 0.6 is 23.7 Å². The van der Waals surface area contributed by atoms with E-state index >= 15 is 0 Å². The zero-order valence-corrected chi connectivity index (χ0v) is 12.9. The predicted molar refractivity (Wildman–Crippen MR) is 83.4 cm³/mol. The van der Waals surface area contributed by atoms with Crippen LogP contribution in [-0.4, -0.2) is 19.0 Å². The van der Waals surface area contributed by atoms with Gasteiger partial charge in [-0.3, -0.25) is 4.79 Å². The summed E-state index contributed by atoms with van der Waals surface area (Å²) in [6.07, 6.45) is 8.32. The van der Waals surface area contributed by atoms with Gasteiger partial charge in [0, 0.05) is 11.4 Å². The lowest BCUT2D eigenvalue weighted by Crippen LogP contribution is -2.25. The van der Waals surface area contributed by atoms with Crippen molar-refractivity contribution in [2.45, 2.75) is 44.9 Å². The lowest BCUT2D eigenvalue weighted by atomic mass is 10.00. The van der Waals surface area contributed by atoms with Gasteiger partial charge in [0.15, 0.2) is 0 Å². The Balaban J connectivity index is 0.00000180. The van der Waals surface area contributed by atoms with Crippen LogP contribution in [0.5, 0.6) is 0 Å². The third-order valence-electron chi connectivity index (χ3n) is 3.39. The van der Waals surface area contributed by atoms with E-state index < -0.39 is 0 Å². The van der Waals surface area contributed by atoms with Crippen LogP contribution in [0.15, 0.2) is 6.07 Å². The fourth-order valence-corrected chi connectivity index (χ4v) is 3.52. The molecule has 0 atom stereocenters. The third-order valence-corrected chi connectivity index (χ3v) is 4.62. The van der Waals surface area contributed by atoms with Crippen molar-refractivity contribution in [1.29, 1.82) is 0 Å². The van der Waals surface area contributed by atoms with Crippen LogP contribution in [0.1, 0.15) is 52.2 Å². The molecule has 1 heterocycles. The van der Waals surface area contributed by atoms with E-state index in [9.17, 15) is 4.79 Å². The molecule has 0 spiro atoms. The van der Waals surface area contributed by atoms with Gasteiger partial charge in [-0.15, -0.1) is 23.7 Å². The molecule has 1 amide bonds. The third kappa shape index (κ3) is 4.79. The normalized spacial score (nSPS) is 14.8. The number of nitrogens with two attached hydrogens (primary N) is 1. The van der Waals surface area contributed by atoms with Crippen molar-refractivity contribution in [1.82, 2.24) is 5.32 Å². The van der Waals surface area contributed by atoms with E-state index in [4.69, 9.17) is 5.73 Å². The van der Waals surface area contributed by atoms with Crippen molar-refractivity contribution in [2.24, 2.45) is 5.73 Å². The molecular weight excluding hydrogens is 280 g/mol. The van der Waals surface area contributed by atoms with Gasteiger partial charge >= 0.3 is 0 Å². The number of carbonyl (C=O) groups excluding carboxylic acids is 1. The smallest absolute Gasteiger partial charge is 0.261 e. The summed E-state index contributed by atoms with van der Waals surface area (Å²) in [5.74, 6) is 0.0696. The van der Waals surface area contributed by atoms with Gasteiger partial charge in [0.1, 0.15) is 0 Å². The van der Waals surface area contributed by atoms with Crippen LogP contribution in [-0.2, 0) is 12.8 Å². The summed E-state index contributed by atoms with van der Waals surface area (Å²) in [7, 11) is 0. The molecule has 3 N–H and O–H groups in total. The zero-order chi connectivity index (χ0) is 12.8. The summed E-state index contributed by atoms with van der Waals surface area (Å²) >= 11 is 1.68. The Morgan fingerprint density at radius 1 is 1.26 bits per heavy atom. The largest absolute Gasteiger partial charge is 0.351 e. The number of hydrogen-bond acceptors (Lipinski definition) is 3. The monoisotopic (exact) mass is 302 g/mol. The Labute approximate surface area is 125 Å². The zero-order valence-electron chi connectivity index (χ0n) is 11.2. The lowest BCUT2D eigenvalue weighted by molar-refractivity contribution is 0.0957. The molecule has 3 nitrogen and oxygen atoms in total. The Morgan fingerprint density at radius 3 is 2.74 bits per heavy atom. The number of fused-ring (bicyclic) bond motifs is 1. The molecule has 0 bridgehead atoms. The van der Waals surface area contributed by atoms with Crippen LogP contribution in [0.4, 0.5) is 0 Å². The van der Waals surface area contributed by atoms with E-state index in [2.05, 4.69) is 11.4 Å². The maximum atomic E-state index is 12.0. The van der Waals surface area contributed by atoms with Crippen LogP contribution in [0.25, 0.3) is 0 Å². The fourth-order valence-electron chi connectivity index (χ4n) is 2.35. The van der Waals surface area contributed by atoms with Gasteiger partial charge in [0.2, 0.25) is 0 Å². The molecule has 0 fully saturated rings. The van der Waals surface area contributed by atoms with E-state index in [1.54, 1.807) is 11.3 Å². The van der Waals surface area contributed by atoms with Gasteiger partial charge in [-0.25, -0.2) is 0 Å². The van der Waals surface area contributed by atoms with Crippen molar-refractivity contribution >= 4 is 29.7 Å². The Hall–Kier alpha value is -0.580. The first-order chi connectivity index (χ1) is 8.81. The summed E-state index contributed by atoms with van der Waals surface area (Å²) in [4.78, 5) is 14.3. The van der Waals surface area contributed by atoms with Gasteiger partial charge in [0.05, 0.1) is 4.88 Å². The average Bonchev–Trinajstić information content (AvgIpc) is 2.72. The molecule has 1 aromatic heterocycles. The molecule has 108 valence electrons. The highest BCUT2D eigenvalue weighted by molar-refractivity contribution is 7.14. The fraction of sp³-hybridized carbons (Fsp3) is 0.643. The van der Waals surface area contributed by atoms with E-state index in [0.717, 1.165) is 24.1 Å². The Bertz CT molecular complexity index is 381.